The van der Waals surface area contributed by atoms with Gasteiger partial charge >= 0.3 is 6.09 Å². The lowest BCUT2D eigenvalue weighted by Gasteiger charge is -2.29. The number of aliphatic imine (C=N–C) groups is 1. The number of ether oxygens (including phenoxy) is 2. The summed E-state index contributed by atoms with van der Waals surface area (Å²) in [6.45, 7) is 7.43. The van der Waals surface area contributed by atoms with Crippen molar-refractivity contribution in [3.63, 3.8) is 0 Å². The molecule has 2 aliphatic rings. The molecule has 2 aromatic carbocycles. The van der Waals surface area contributed by atoms with Crippen LogP contribution in [-0.2, 0) is 19.5 Å². The molecule has 0 fully saturated rings. The molecule has 3 heterocycles. The SMILES string of the molecule is COCN(c1cccc(-c2nc(C3=CCN(C(=O)OC(C)(C)C)CC3)sc2C2C=CN=CC2C)c1F)S(=O)(=O)c1cc(F)ccc1F. The van der Waals surface area contributed by atoms with E-state index in [0.29, 0.717) is 46.6 Å². The molecule has 0 spiro atoms. The molecule has 0 radical (unpaired) electrons. The lowest BCUT2D eigenvalue weighted by molar-refractivity contribution is 0.0270. The second-order valence-electron chi connectivity index (χ2n) is 12.1. The molecule has 0 aliphatic carbocycles. The van der Waals surface area contributed by atoms with Crippen LogP contribution in [0.5, 0.6) is 0 Å². The predicted octanol–water partition coefficient (Wildman–Crippen LogP) is 7.37. The van der Waals surface area contributed by atoms with Gasteiger partial charge in [-0.2, -0.15) is 0 Å². The van der Waals surface area contributed by atoms with Gasteiger partial charge in [0.1, 0.15) is 33.9 Å². The van der Waals surface area contributed by atoms with Crippen LogP contribution in [0.3, 0.4) is 0 Å². The van der Waals surface area contributed by atoms with Gasteiger partial charge in [-0.25, -0.2) is 35.7 Å². The van der Waals surface area contributed by atoms with Gasteiger partial charge < -0.3 is 14.4 Å². The number of anilines is 1. The number of hydrogen-bond donors (Lipinski definition) is 0. The number of methoxy groups -OCH3 is 1. The van der Waals surface area contributed by atoms with Crippen molar-refractivity contribution in [2.45, 2.75) is 50.5 Å². The number of nitrogens with zero attached hydrogens (tertiary/aromatic N) is 4. The summed E-state index contributed by atoms with van der Waals surface area (Å²) < 4.78 is 83.7. The smallest absolute Gasteiger partial charge is 0.410 e. The Balaban J connectivity index is 1.58. The van der Waals surface area contributed by atoms with Crippen molar-refractivity contribution < 1.29 is 35.9 Å². The summed E-state index contributed by atoms with van der Waals surface area (Å²) in [6.07, 6.45) is 7.33. The minimum atomic E-state index is -4.81. The summed E-state index contributed by atoms with van der Waals surface area (Å²) in [6, 6.07) is 6.21. The molecule has 2 aliphatic heterocycles. The highest BCUT2D eigenvalue weighted by Crippen LogP contribution is 2.44. The van der Waals surface area contributed by atoms with Crippen molar-refractivity contribution >= 4 is 44.9 Å². The number of halogens is 3. The third-order valence-electron chi connectivity index (χ3n) is 7.57. The number of amides is 1. The number of hydrogen-bond acceptors (Lipinski definition) is 8. The molecule has 1 amide bonds. The van der Waals surface area contributed by atoms with Gasteiger partial charge in [-0.15, -0.1) is 11.3 Å². The fourth-order valence-corrected chi connectivity index (χ4v) is 8.04. The van der Waals surface area contributed by atoms with E-state index in [4.69, 9.17) is 14.5 Å². The number of allylic oxidation sites excluding steroid dienone is 1. The molecule has 0 bridgehead atoms. The van der Waals surface area contributed by atoms with Crippen LogP contribution < -0.4 is 4.31 Å². The summed E-state index contributed by atoms with van der Waals surface area (Å²) in [4.78, 5) is 23.1. The fourth-order valence-electron chi connectivity index (χ4n) is 5.24. The third-order valence-corrected chi connectivity index (χ3v) is 10.6. The molecular weight excluding hydrogens is 654 g/mol. The first-order valence-electron chi connectivity index (χ1n) is 14.8. The summed E-state index contributed by atoms with van der Waals surface area (Å²) in [5, 5.41) is 0.634. The first kappa shape index (κ1) is 34.3. The Kier molecular flexibility index (Phi) is 9.94. The summed E-state index contributed by atoms with van der Waals surface area (Å²) in [7, 11) is -3.61. The van der Waals surface area contributed by atoms with Crippen LogP contribution in [0.25, 0.3) is 16.8 Å². The molecule has 2 atom stereocenters. The van der Waals surface area contributed by atoms with E-state index in [-0.39, 0.29) is 17.4 Å². The third kappa shape index (κ3) is 7.29. The molecular formula is C33H35F3N4O5S2. The van der Waals surface area contributed by atoms with Gasteiger partial charge in [0.15, 0.2) is 5.82 Å². The van der Waals surface area contributed by atoms with E-state index in [2.05, 4.69) is 4.99 Å². The second kappa shape index (κ2) is 13.6. The molecule has 5 rings (SSSR count). The molecule has 14 heteroatoms. The van der Waals surface area contributed by atoms with E-state index >= 15 is 4.39 Å². The number of benzene rings is 2. The van der Waals surface area contributed by atoms with Gasteiger partial charge in [0, 0.05) is 54.9 Å². The van der Waals surface area contributed by atoms with E-state index in [0.717, 1.165) is 16.5 Å². The topological polar surface area (TPSA) is 101 Å². The first-order valence-corrected chi connectivity index (χ1v) is 17.1. The number of thiazole rings is 1. The van der Waals surface area contributed by atoms with Crippen molar-refractivity contribution in [2.24, 2.45) is 10.9 Å². The summed E-state index contributed by atoms with van der Waals surface area (Å²) in [5.41, 5.74) is 0.155. The van der Waals surface area contributed by atoms with Crippen molar-refractivity contribution in [1.29, 1.82) is 0 Å². The molecule has 3 aromatic rings. The van der Waals surface area contributed by atoms with Crippen LogP contribution in [-0.4, -0.2) is 63.1 Å². The standard InChI is InChI=1S/C33H35F3N4O5S2/c1-20-18-37-14-11-23(20)30-29(38-31(46-30)21-12-15-39(16-13-21)32(41)45-33(2,3)4)24-7-6-8-26(28(24)36)40(19-44-5)47(42,43)27-17-22(34)9-10-25(27)35/h6-12,14,17-18,20,23H,13,15-16,19H2,1-5H3. The zero-order valence-corrected chi connectivity index (χ0v) is 28.2. The van der Waals surface area contributed by atoms with Gasteiger partial charge in [-0.3, -0.25) is 4.99 Å². The van der Waals surface area contributed by atoms with Crippen molar-refractivity contribution in [1.82, 2.24) is 9.88 Å². The van der Waals surface area contributed by atoms with Crippen molar-refractivity contribution in [3.05, 3.63) is 82.1 Å². The Morgan fingerprint density at radius 2 is 1.94 bits per heavy atom. The molecule has 0 N–H and O–H groups in total. The molecule has 0 saturated heterocycles. The van der Waals surface area contributed by atoms with E-state index < -0.39 is 56.5 Å². The van der Waals surface area contributed by atoms with E-state index in [1.807, 2.05) is 19.1 Å². The quantitative estimate of drug-likeness (QED) is 0.229. The largest absolute Gasteiger partial charge is 0.444 e. The van der Waals surface area contributed by atoms with Gasteiger partial charge in [-0.05, 0) is 63.1 Å². The molecule has 1 aromatic heterocycles. The highest BCUT2D eigenvalue weighted by Gasteiger charge is 2.34. The highest BCUT2D eigenvalue weighted by molar-refractivity contribution is 7.92. The molecule has 2 unspecified atom stereocenters. The van der Waals surface area contributed by atoms with E-state index in [1.54, 1.807) is 38.1 Å². The maximum atomic E-state index is 16.6. The van der Waals surface area contributed by atoms with Crippen molar-refractivity contribution in [2.75, 3.05) is 31.2 Å². The van der Waals surface area contributed by atoms with Gasteiger partial charge in [0.25, 0.3) is 10.0 Å². The van der Waals surface area contributed by atoms with Gasteiger partial charge in [0.05, 0.1) is 11.4 Å². The van der Waals surface area contributed by atoms with Crippen LogP contribution in [0.4, 0.5) is 23.7 Å². The molecule has 0 saturated carbocycles. The number of rotatable bonds is 8. The van der Waals surface area contributed by atoms with Crippen LogP contribution >= 0.6 is 11.3 Å². The number of carbonyl (C=O) groups is 1. The Bertz CT molecular complexity index is 1870. The highest BCUT2D eigenvalue weighted by atomic mass is 32.2. The maximum absolute atomic E-state index is 16.6. The average molecular weight is 689 g/mol. The second-order valence-corrected chi connectivity index (χ2v) is 15.0. The van der Waals surface area contributed by atoms with E-state index in [1.165, 1.54) is 36.6 Å². The predicted molar refractivity (Wildman–Crippen MR) is 175 cm³/mol. The average Bonchev–Trinajstić information content (AvgIpc) is 3.45. The van der Waals surface area contributed by atoms with Crippen LogP contribution in [0.2, 0.25) is 0 Å². The minimum absolute atomic E-state index is 0.0194. The zero-order chi connectivity index (χ0) is 34.1. The fraction of sp³-hybridized carbons (Fsp3) is 0.364. The Morgan fingerprint density at radius 3 is 2.60 bits per heavy atom. The van der Waals surface area contributed by atoms with Gasteiger partial charge in [0.2, 0.25) is 0 Å². The van der Waals surface area contributed by atoms with Crippen LogP contribution in [0.1, 0.15) is 49.9 Å². The zero-order valence-electron chi connectivity index (χ0n) is 26.5. The number of carbonyl (C=O) groups excluding carboxylic acids is 1. The Morgan fingerprint density at radius 1 is 1.17 bits per heavy atom. The Hall–Kier alpha value is -4.01. The van der Waals surface area contributed by atoms with Crippen LogP contribution in [0, 0.1) is 23.4 Å². The molecule has 9 nitrogen and oxygen atoms in total. The molecule has 250 valence electrons. The lowest BCUT2D eigenvalue weighted by atomic mass is 9.90. The number of sulfonamides is 1. The monoisotopic (exact) mass is 688 g/mol. The molecule has 47 heavy (non-hydrogen) atoms. The first-order chi connectivity index (χ1) is 22.2. The van der Waals surface area contributed by atoms with Gasteiger partial charge in [-0.1, -0.05) is 25.1 Å². The summed E-state index contributed by atoms with van der Waals surface area (Å²) in [5.74, 6) is -3.36. The van der Waals surface area contributed by atoms with E-state index in [9.17, 15) is 22.0 Å². The Labute approximate surface area is 276 Å². The van der Waals surface area contributed by atoms with Crippen LogP contribution in [0.15, 0.2) is 64.6 Å². The number of aromatic nitrogens is 1. The lowest BCUT2D eigenvalue weighted by Crippen LogP contribution is -2.39. The van der Waals surface area contributed by atoms with Crippen molar-refractivity contribution in [3.8, 4) is 11.3 Å². The normalized spacial score (nSPS) is 18.3. The minimum Gasteiger partial charge on any atom is -0.444 e. The maximum Gasteiger partial charge on any atom is 0.410 e. The summed E-state index contributed by atoms with van der Waals surface area (Å²) >= 11 is 1.39.